The van der Waals surface area contributed by atoms with Crippen molar-refractivity contribution in [1.29, 1.82) is 0 Å². The van der Waals surface area contributed by atoms with Crippen LogP contribution in [0.2, 0.25) is 0 Å². The summed E-state index contributed by atoms with van der Waals surface area (Å²) in [6, 6.07) is 17.2. The van der Waals surface area contributed by atoms with Gasteiger partial charge in [-0.3, -0.25) is 0 Å². The van der Waals surface area contributed by atoms with Gasteiger partial charge in [-0.2, -0.15) is 0 Å². The van der Waals surface area contributed by atoms with Crippen molar-refractivity contribution >= 4 is 5.69 Å². The third kappa shape index (κ3) is 4.57. The van der Waals surface area contributed by atoms with Gasteiger partial charge >= 0.3 is 0 Å². The van der Waals surface area contributed by atoms with Gasteiger partial charge in [-0.1, -0.05) is 18.2 Å². The predicted octanol–water partition coefficient (Wildman–Crippen LogP) is 2.90. The Hall–Kier alpha value is -2.04. The van der Waals surface area contributed by atoms with Crippen LogP contribution in [0.1, 0.15) is 0 Å². The predicted molar refractivity (Wildman–Crippen MR) is 79.3 cm³/mol. The summed E-state index contributed by atoms with van der Waals surface area (Å²) in [6.07, 6.45) is -0.514. The molecule has 4 nitrogen and oxygen atoms in total. The highest BCUT2D eigenvalue weighted by Crippen LogP contribution is 2.22. The lowest BCUT2D eigenvalue weighted by atomic mass is 10.3. The second kappa shape index (κ2) is 7.53. The highest BCUT2D eigenvalue weighted by Gasteiger charge is 2.03. The highest BCUT2D eigenvalue weighted by atomic mass is 16.5. The van der Waals surface area contributed by atoms with E-state index in [1.165, 1.54) is 0 Å². The summed E-state index contributed by atoms with van der Waals surface area (Å²) in [5.74, 6) is 1.59. The molecule has 0 saturated heterocycles. The summed E-state index contributed by atoms with van der Waals surface area (Å²) in [4.78, 5) is 0. The second-order valence-corrected chi connectivity index (χ2v) is 4.43. The Kier molecular flexibility index (Phi) is 5.41. The summed E-state index contributed by atoms with van der Waals surface area (Å²) in [7, 11) is 1.57. The van der Waals surface area contributed by atoms with Gasteiger partial charge < -0.3 is 19.9 Å². The van der Waals surface area contributed by atoms with E-state index in [0.29, 0.717) is 13.2 Å². The third-order valence-corrected chi connectivity index (χ3v) is 2.73. The third-order valence-electron chi connectivity index (χ3n) is 2.73. The monoisotopic (exact) mass is 273 g/mol. The minimum atomic E-state index is -0.514. The summed E-state index contributed by atoms with van der Waals surface area (Å²) >= 11 is 0. The highest BCUT2D eigenvalue weighted by molar-refractivity contribution is 5.47. The zero-order valence-corrected chi connectivity index (χ0v) is 11.5. The molecule has 0 heterocycles. The first-order valence-corrected chi connectivity index (χ1v) is 6.52. The lowest BCUT2D eigenvalue weighted by Crippen LogP contribution is -2.24. The number of anilines is 1. The Morgan fingerprint density at radius 1 is 1.00 bits per heavy atom. The van der Waals surface area contributed by atoms with Gasteiger partial charge in [0.1, 0.15) is 11.5 Å². The molecule has 0 spiro atoms. The van der Waals surface area contributed by atoms with Gasteiger partial charge in [-0.25, -0.2) is 0 Å². The molecule has 1 atom stereocenters. The van der Waals surface area contributed by atoms with Crippen LogP contribution in [-0.4, -0.2) is 31.5 Å². The van der Waals surface area contributed by atoms with E-state index >= 15 is 0 Å². The van der Waals surface area contributed by atoms with Crippen molar-refractivity contribution in [2.24, 2.45) is 0 Å². The Balaban J connectivity index is 1.87. The van der Waals surface area contributed by atoms with Gasteiger partial charge in [-0.15, -0.1) is 0 Å². The fourth-order valence-corrected chi connectivity index (χ4v) is 1.75. The van der Waals surface area contributed by atoms with Gasteiger partial charge in [0, 0.05) is 19.3 Å². The second-order valence-electron chi connectivity index (χ2n) is 4.43. The van der Waals surface area contributed by atoms with Crippen LogP contribution >= 0.6 is 0 Å². The summed E-state index contributed by atoms with van der Waals surface area (Å²) in [6.45, 7) is 0.773. The van der Waals surface area contributed by atoms with E-state index in [1.54, 1.807) is 7.11 Å². The molecule has 0 aliphatic rings. The molecule has 0 aliphatic heterocycles. The number of methoxy groups -OCH3 is 1. The van der Waals surface area contributed by atoms with Crippen LogP contribution < -0.4 is 10.1 Å². The number of hydrogen-bond donors (Lipinski definition) is 2. The first-order valence-electron chi connectivity index (χ1n) is 6.52. The fraction of sp³-hybridized carbons (Fsp3) is 0.250. The number of aliphatic hydroxyl groups excluding tert-OH is 1. The number of benzene rings is 2. The standard InChI is InChI=1S/C16H19NO3/c1-19-12-14(18)11-17-13-7-9-16(10-8-13)20-15-5-3-2-4-6-15/h2-10,14,17-18H,11-12H2,1H3. The number of nitrogens with one attached hydrogen (secondary N) is 1. The minimum absolute atomic E-state index is 0.322. The Bertz CT molecular complexity index is 499. The van der Waals surface area contributed by atoms with Crippen LogP contribution in [0.5, 0.6) is 11.5 Å². The van der Waals surface area contributed by atoms with Crippen molar-refractivity contribution in [2.75, 3.05) is 25.6 Å². The SMILES string of the molecule is COCC(O)CNc1ccc(Oc2ccccc2)cc1. The maximum absolute atomic E-state index is 9.55. The van der Waals surface area contributed by atoms with E-state index in [2.05, 4.69) is 5.32 Å². The van der Waals surface area contributed by atoms with Crippen LogP contribution in [0, 0.1) is 0 Å². The van der Waals surface area contributed by atoms with E-state index in [-0.39, 0.29) is 0 Å². The van der Waals surface area contributed by atoms with Crippen LogP contribution in [0.15, 0.2) is 54.6 Å². The van der Waals surface area contributed by atoms with Gasteiger partial charge in [0.05, 0.1) is 12.7 Å². The topological polar surface area (TPSA) is 50.7 Å². The van der Waals surface area contributed by atoms with Gasteiger partial charge in [0.2, 0.25) is 0 Å². The maximum atomic E-state index is 9.55. The number of aliphatic hydroxyl groups is 1. The lowest BCUT2D eigenvalue weighted by molar-refractivity contribution is 0.0727. The Morgan fingerprint density at radius 2 is 1.65 bits per heavy atom. The molecule has 2 aromatic carbocycles. The summed E-state index contributed by atoms with van der Waals surface area (Å²) in [5.41, 5.74) is 0.931. The zero-order valence-electron chi connectivity index (χ0n) is 11.5. The van der Waals surface area contributed by atoms with Crippen molar-refractivity contribution in [2.45, 2.75) is 6.10 Å². The van der Waals surface area contributed by atoms with E-state index in [0.717, 1.165) is 17.2 Å². The minimum Gasteiger partial charge on any atom is -0.457 e. The average Bonchev–Trinajstić information content (AvgIpc) is 2.48. The van der Waals surface area contributed by atoms with Crippen molar-refractivity contribution in [3.8, 4) is 11.5 Å². The first-order chi connectivity index (χ1) is 9.78. The molecule has 20 heavy (non-hydrogen) atoms. The summed E-state index contributed by atoms with van der Waals surface area (Å²) < 4.78 is 10.6. The molecule has 0 amide bonds. The van der Waals surface area contributed by atoms with Crippen molar-refractivity contribution in [1.82, 2.24) is 0 Å². The van der Waals surface area contributed by atoms with E-state index in [9.17, 15) is 5.11 Å². The van der Waals surface area contributed by atoms with Crippen LogP contribution in [-0.2, 0) is 4.74 Å². The molecule has 4 heteroatoms. The van der Waals surface area contributed by atoms with E-state index in [1.807, 2.05) is 54.6 Å². The average molecular weight is 273 g/mol. The quantitative estimate of drug-likeness (QED) is 0.814. The van der Waals surface area contributed by atoms with E-state index in [4.69, 9.17) is 9.47 Å². The van der Waals surface area contributed by atoms with Gasteiger partial charge in [0.15, 0.2) is 0 Å². The number of rotatable bonds is 7. The zero-order chi connectivity index (χ0) is 14.2. The van der Waals surface area contributed by atoms with Gasteiger partial charge in [-0.05, 0) is 36.4 Å². The molecule has 0 aromatic heterocycles. The number of hydrogen-bond acceptors (Lipinski definition) is 4. The van der Waals surface area contributed by atoms with Crippen LogP contribution in [0.25, 0.3) is 0 Å². The van der Waals surface area contributed by atoms with Crippen LogP contribution in [0.3, 0.4) is 0 Å². The fourth-order valence-electron chi connectivity index (χ4n) is 1.75. The molecule has 2 aromatic rings. The number of ether oxygens (including phenoxy) is 2. The molecule has 0 saturated carbocycles. The molecular formula is C16H19NO3. The number of para-hydroxylation sites is 1. The molecule has 0 radical (unpaired) electrons. The molecular weight excluding hydrogens is 254 g/mol. The van der Waals surface area contributed by atoms with E-state index < -0.39 is 6.10 Å². The first kappa shape index (κ1) is 14.4. The largest absolute Gasteiger partial charge is 0.457 e. The molecule has 106 valence electrons. The van der Waals surface area contributed by atoms with Crippen molar-refractivity contribution in [3.05, 3.63) is 54.6 Å². The van der Waals surface area contributed by atoms with Crippen LogP contribution in [0.4, 0.5) is 5.69 Å². The van der Waals surface area contributed by atoms with Crippen molar-refractivity contribution in [3.63, 3.8) is 0 Å². The Labute approximate surface area is 119 Å². The normalized spacial score (nSPS) is 11.9. The molecule has 2 N–H and O–H groups in total. The molecule has 0 bridgehead atoms. The smallest absolute Gasteiger partial charge is 0.127 e. The Morgan fingerprint density at radius 3 is 2.30 bits per heavy atom. The van der Waals surface area contributed by atoms with Gasteiger partial charge in [0.25, 0.3) is 0 Å². The lowest BCUT2D eigenvalue weighted by Gasteiger charge is -2.12. The molecule has 1 unspecified atom stereocenters. The molecule has 0 fully saturated rings. The molecule has 2 rings (SSSR count). The molecule has 0 aliphatic carbocycles. The van der Waals surface area contributed by atoms with Crippen molar-refractivity contribution < 1.29 is 14.6 Å². The maximum Gasteiger partial charge on any atom is 0.127 e. The summed E-state index contributed by atoms with van der Waals surface area (Å²) in [5, 5.41) is 12.7.